The number of anilines is 1. The molecule has 0 saturated carbocycles. The molecule has 0 radical (unpaired) electrons. The Morgan fingerprint density at radius 2 is 1.88 bits per heavy atom. The summed E-state index contributed by atoms with van der Waals surface area (Å²) in [5, 5.41) is 2.64. The van der Waals surface area contributed by atoms with Crippen molar-refractivity contribution < 1.29 is 22.8 Å². The lowest BCUT2D eigenvalue weighted by Crippen LogP contribution is -2.42. The maximum absolute atomic E-state index is 12.4. The van der Waals surface area contributed by atoms with Crippen LogP contribution in [-0.4, -0.2) is 61.2 Å². The van der Waals surface area contributed by atoms with E-state index in [0.717, 1.165) is 11.2 Å². The van der Waals surface area contributed by atoms with Crippen molar-refractivity contribution in [3.63, 3.8) is 0 Å². The van der Waals surface area contributed by atoms with Crippen LogP contribution in [0.15, 0.2) is 18.2 Å². The second-order valence-corrected chi connectivity index (χ2v) is 7.89. The van der Waals surface area contributed by atoms with Crippen molar-refractivity contribution in [2.24, 2.45) is 0 Å². The van der Waals surface area contributed by atoms with E-state index < -0.39 is 27.9 Å². The highest BCUT2D eigenvalue weighted by molar-refractivity contribution is 7.88. The molecular weight excluding hydrogens is 334 g/mol. The first-order valence-electron chi connectivity index (χ1n) is 7.44. The normalized spacial score (nSPS) is 21.2. The summed E-state index contributed by atoms with van der Waals surface area (Å²) >= 11 is 0. The van der Waals surface area contributed by atoms with E-state index in [1.165, 1.54) is 29.6 Å². The van der Waals surface area contributed by atoms with Crippen LogP contribution in [0.5, 0.6) is 0 Å². The molecule has 1 atom stereocenters. The maximum atomic E-state index is 12.4. The topological polar surface area (TPSA) is 104 Å². The van der Waals surface area contributed by atoms with Crippen LogP contribution >= 0.6 is 0 Å². The van der Waals surface area contributed by atoms with Crippen LogP contribution in [0.3, 0.4) is 0 Å². The molecule has 0 aromatic heterocycles. The second-order valence-electron chi connectivity index (χ2n) is 5.95. The van der Waals surface area contributed by atoms with Crippen molar-refractivity contribution in [2.45, 2.75) is 18.9 Å². The molecule has 9 heteroatoms. The van der Waals surface area contributed by atoms with Gasteiger partial charge in [0, 0.05) is 19.3 Å². The molecule has 1 aromatic carbocycles. The monoisotopic (exact) mass is 351 g/mol. The summed E-state index contributed by atoms with van der Waals surface area (Å²) in [7, 11) is -2.06. The number of fused-ring (bicyclic) bond motifs is 1. The van der Waals surface area contributed by atoms with E-state index >= 15 is 0 Å². The Morgan fingerprint density at radius 3 is 2.54 bits per heavy atom. The molecule has 0 aliphatic carbocycles. The number of benzene rings is 1. The van der Waals surface area contributed by atoms with Gasteiger partial charge in [0.05, 0.1) is 17.4 Å². The Morgan fingerprint density at radius 1 is 1.21 bits per heavy atom. The zero-order chi connectivity index (χ0) is 17.6. The molecule has 24 heavy (non-hydrogen) atoms. The third kappa shape index (κ3) is 2.69. The molecule has 2 aliphatic heterocycles. The summed E-state index contributed by atoms with van der Waals surface area (Å²) in [6, 6.07) is 3.70. The largest absolute Gasteiger partial charge is 0.325 e. The molecule has 3 amide bonds. The average molecular weight is 351 g/mol. The van der Waals surface area contributed by atoms with Gasteiger partial charge in [0.25, 0.3) is 11.8 Å². The van der Waals surface area contributed by atoms with Gasteiger partial charge in [-0.15, -0.1) is 0 Å². The minimum Gasteiger partial charge on any atom is -0.325 e. The minimum absolute atomic E-state index is 0.228. The molecule has 1 saturated heterocycles. The number of carbonyl (C=O) groups excluding carboxylic acids is 3. The number of amides is 3. The number of nitrogens with one attached hydrogen (secondary N) is 1. The first kappa shape index (κ1) is 16.6. The number of nitrogens with zero attached hydrogens (tertiary/aromatic N) is 2. The molecular formula is C15H17N3O5S. The van der Waals surface area contributed by atoms with Gasteiger partial charge < -0.3 is 5.32 Å². The number of sulfonamides is 1. The van der Waals surface area contributed by atoms with Crippen LogP contribution in [-0.2, 0) is 14.8 Å². The quantitative estimate of drug-likeness (QED) is 0.788. The molecule has 8 nitrogen and oxygen atoms in total. The van der Waals surface area contributed by atoms with Crippen molar-refractivity contribution in [3.8, 4) is 0 Å². The van der Waals surface area contributed by atoms with E-state index in [-0.39, 0.29) is 11.5 Å². The number of hydrogen-bond acceptors (Lipinski definition) is 5. The fourth-order valence-corrected chi connectivity index (χ4v) is 4.19. The van der Waals surface area contributed by atoms with Crippen molar-refractivity contribution in [3.05, 3.63) is 29.3 Å². The Balaban J connectivity index is 1.82. The highest BCUT2D eigenvalue weighted by Crippen LogP contribution is 2.26. The summed E-state index contributed by atoms with van der Waals surface area (Å²) in [6.45, 7) is 0.318. The van der Waals surface area contributed by atoms with Crippen LogP contribution < -0.4 is 5.32 Å². The van der Waals surface area contributed by atoms with Gasteiger partial charge in [0.1, 0.15) is 6.04 Å². The van der Waals surface area contributed by atoms with Gasteiger partial charge in [-0.05, 0) is 31.0 Å². The molecule has 0 spiro atoms. The van der Waals surface area contributed by atoms with Crippen LogP contribution in [0.2, 0.25) is 0 Å². The molecule has 128 valence electrons. The van der Waals surface area contributed by atoms with E-state index in [4.69, 9.17) is 0 Å². The molecule has 2 aliphatic rings. The fraction of sp³-hybridized carbons (Fsp3) is 0.400. The smallest absolute Gasteiger partial charge is 0.261 e. The summed E-state index contributed by atoms with van der Waals surface area (Å²) in [4.78, 5) is 37.3. The minimum atomic E-state index is -3.45. The van der Waals surface area contributed by atoms with Crippen molar-refractivity contribution in [1.82, 2.24) is 9.21 Å². The Labute approximate surface area is 139 Å². The molecule has 0 bridgehead atoms. The van der Waals surface area contributed by atoms with Crippen molar-refractivity contribution in [2.75, 3.05) is 25.2 Å². The first-order valence-corrected chi connectivity index (χ1v) is 9.29. The second kappa shape index (κ2) is 5.67. The molecule has 1 unspecified atom stereocenters. The summed E-state index contributed by atoms with van der Waals surface area (Å²) in [5.74, 6) is -1.25. The van der Waals surface area contributed by atoms with Gasteiger partial charge >= 0.3 is 0 Å². The maximum Gasteiger partial charge on any atom is 0.261 e. The standard InChI is InChI=1S/C15H17N3O5S/c1-17-14(20)10-6-5-9(8-11(10)15(17)21)16-13(19)12-4-3-7-18(12)24(2,22)23/h5-6,8,12H,3-4,7H2,1-2H3,(H,16,19). The first-order chi connectivity index (χ1) is 11.2. The van der Waals surface area contributed by atoms with E-state index in [0.29, 0.717) is 30.6 Å². The van der Waals surface area contributed by atoms with Gasteiger partial charge in [-0.3, -0.25) is 19.3 Å². The number of carbonyl (C=O) groups is 3. The van der Waals surface area contributed by atoms with Gasteiger partial charge in [0.2, 0.25) is 15.9 Å². The highest BCUT2D eigenvalue weighted by Gasteiger charge is 2.37. The van der Waals surface area contributed by atoms with E-state index in [2.05, 4.69) is 5.32 Å². The predicted molar refractivity (Wildman–Crippen MR) is 86.1 cm³/mol. The van der Waals surface area contributed by atoms with E-state index in [9.17, 15) is 22.8 Å². The number of imide groups is 1. The highest BCUT2D eigenvalue weighted by atomic mass is 32.2. The van der Waals surface area contributed by atoms with Gasteiger partial charge in [0.15, 0.2) is 0 Å². The van der Waals surface area contributed by atoms with Crippen molar-refractivity contribution >= 4 is 33.4 Å². The average Bonchev–Trinajstić information content (AvgIpc) is 3.09. The lowest BCUT2D eigenvalue weighted by molar-refractivity contribution is -0.119. The van der Waals surface area contributed by atoms with Crippen LogP contribution in [0.1, 0.15) is 33.6 Å². The number of rotatable bonds is 3. The van der Waals surface area contributed by atoms with Gasteiger partial charge in [-0.1, -0.05) is 0 Å². The Bertz CT molecular complexity index is 849. The predicted octanol–water partition coefficient (Wildman–Crippen LogP) is 0.275. The van der Waals surface area contributed by atoms with Crippen LogP contribution in [0.4, 0.5) is 5.69 Å². The molecule has 1 fully saturated rings. The van der Waals surface area contributed by atoms with Gasteiger partial charge in [-0.2, -0.15) is 4.31 Å². The van der Waals surface area contributed by atoms with Crippen LogP contribution in [0, 0.1) is 0 Å². The summed E-state index contributed by atoms with van der Waals surface area (Å²) < 4.78 is 24.6. The third-order valence-electron chi connectivity index (χ3n) is 4.29. The zero-order valence-electron chi connectivity index (χ0n) is 13.3. The molecule has 2 heterocycles. The number of hydrogen-bond donors (Lipinski definition) is 1. The molecule has 1 aromatic rings. The lowest BCUT2D eigenvalue weighted by atomic mass is 10.1. The van der Waals surface area contributed by atoms with Crippen LogP contribution in [0.25, 0.3) is 0 Å². The zero-order valence-corrected chi connectivity index (χ0v) is 14.1. The Kier molecular flexibility index (Phi) is 3.92. The fourth-order valence-electron chi connectivity index (χ4n) is 3.06. The van der Waals surface area contributed by atoms with E-state index in [1.807, 2.05) is 0 Å². The molecule has 3 rings (SSSR count). The molecule has 1 N–H and O–H groups in total. The van der Waals surface area contributed by atoms with E-state index in [1.54, 1.807) is 0 Å². The summed E-state index contributed by atoms with van der Waals surface area (Å²) in [6.07, 6.45) is 2.14. The SMILES string of the molecule is CN1C(=O)c2ccc(NC(=O)C3CCCN3S(C)(=O)=O)cc2C1=O. The lowest BCUT2D eigenvalue weighted by Gasteiger charge is -2.21. The Hall–Kier alpha value is -2.26. The van der Waals surface area contributed by atoms with Gasteiger partial charge in [-0.25, -0.2) is 8.42 Å². The third-order valence-corrected chi connectivity index (χ3v) is 5.58. The summed E-state index contributed by atoms with van der Waals surface area (Å²) in [5.41, 5.74) is 0.876. The van der Waals surface area contributed by atoms with Crippen molar-refractivity contribution in [1.29, 1.82) is 0 Å².